The molecule has 1 aliphatic heterocycles. The van der Waals surface area contributed by atoms with Gasteiger partial charge in [0.1, 0.15) is 5.52 Å². The van der Waals surface area contributed by atoms with Crippen LogP contribution in [0.1, 0.15) is 12.8 Å². The summed E-state index contributed by atoms with van der Waals surface area (Å²) in [5.74, 6) is 1.02. The zero-order valence-corrected chi connectivity index (χ0v) is 16.2. The molecule has 0 spiro atoms. The highest BCUT2D eigenvalue weighted by molar-refractivity contribution is 7.16. The molecule has 1 saturated heterocycles. The Labute approximate surface area is 165 Å². The Hall–Kier alpha value is -3.00. The van der Waals surface area contributed by atoms with Crippen molar-refractivity contribution in [2.24, 2.45) is 13.0 Å². The fraction of sp³-hybridized carbons (Fsp3) is 0.300. The lowest BCUT2D eigenvalue weighted by Gasteiger charge is -2.12. The maximum Gasteiger partial charge on any atom is 0.240 e. The molecular weight excluding hydrogens is 374 g/mol. The normalized spacial score (nSPS) is 16.8. The van der Waals surface area contributed by atoms with E-state index in [0.717, 1.165) is 45.5 Å². The number of nitrogens with one attached hydrogen (secondary N) is 1. The third-order valence-corrected chi connectivity index (χ3v) is 5.93. The van der Waals surface area contributed by atoms with Crippen LogP contribution in [0.3, 0.4) is 0 Å². The second kappa shape index (κ2) is 6.87. The van der Waals surface area contributed by atoms with Crippen LogP contribution in [0.25, 0.3) is 32.5 Å². The van der Waals surface area contributed by atoms with Crippen molar-refractivity contribution in [2.75, 3.05) is 13.2 Å². The van der Waals surface area contributed by atoms with Gasteiger partial charge in [-0.25, -0.2) is 15.0 Å². The molecule has 5 rings (SSSR count). The van der Waals surface area contributed by atoms with Gasteiger partial charge in [-0.2, -0.15) is 0 Å². The first-order valence-electron chi connectivity index (χ1n) is 9.22. The molecule has 3 aromatic heterocycles. The summed E-state index contributed by atoms with van der Waals surface area (Å²) in [7, 11) is 1.93. The van der Waals surface area contributed by atoms with E-state index >= 15 is 0 Å². The SMILES string of the molecule is Cn1cnc2cc(-c3ccc4scnc4c3)nc(OCC[C@H]3CNC(=O)C3)c21. The number of carbonyl (C=O) groups excluding carboxylic acids is 1. The maximum absolute atomic E-state index is 11.4. The van der Waals surface area contributed by atoms with E-state index in [1.54, 1.807) is 17.7 Å². The van der Waals surface area contributed by atoms with Gasteiger partial charge in [0, 0.05) is 25.6 Å². The summed E-state index contributed by atoms with van der Waals surface area (Å²) < 4.78 is 9.14. The Morgan fingerprint density at radius 3 is 3.07 bits per heavy atom. The second-order valence-electron chi connectivity index (χ2n) is 7.08. The number of benzene rings is 1. The quantitative estimate of drug-likeness (QED) is 0.563. The molecule has 1 aliphatic rings. The molecule has 4 aromatic rings. The average molecular weight is 393 g/mol. The van der Waals surface area contributed by atoms with E-state index in [2.05, 4.69) is 27.4 Å². The lowest BCUT2D eigenvalue weighted by atomic mass is 10.1. The molecule has 1 aromatic carbocycles. The van der Waals surface area contributed by atoms with Crippen LogP contribution >= 0.6 is 11.3 Å². The van der Waals surface area contributed by atoms with E-state index in [-0.39, 0.29) is 5.91 Å². The fourth-order valence-corrected chi connectivity index (χ4v) is 4.25. The van der Waals surface area contributed by atoms with Crippen molar-refractivity contribution >= 4 is 38.5 Å². The third kappa shape index (κ3) is 3.09. The number of hydrogen-bond acceptors (Lipinski definition) is 6. The number of aryl methyl sites for hydroxylation is 1. The highest BCUT2D eigenvalue weighted by Crippen LogP contribution is 2.31. The van der Waals surface area contributed by atoms with Crippen LogP contribution in [0, 0.1) is 5.92 Å². The maximum atomic E-state index is 11.4. The van der Waals surface area contributed by atoms with Crippen LogP contribution in [0.5, 0.6) is 5.88 Å². The Morgan fingerprint density at radius 2 is 2.21 bits per heavy atom. The van der Waals surface area contributed by atoms with Gasteiger partial charge >= 0.3 is 0 Å². The largest absolute Gasteiger partial charge is 0.476 e. The molecule has 0 radical (unpaired) electrons. The van der Waals surface area contributed by atoms with Crippen molar-refractivity contribution in [3.8, 4) is 17.1 Å². The van der Waals surface area contributed by atoms with E-state index in [1.807, 2.05) is 29.3 Å². The predicted molar refractivity (Wildman–Crippen MR) is 108 cm³/mol. The summed E-state index contributed by atoms with van der Waals surface area (Å²) in [4.78, 5) is 25.0. The summed E-state index contributed by atoms with van der Waals surface area (Å²) in [6.45, 7) is 1.24. The van der Waals surface area contributed by atoms with Crippen LogP contribution in [-0.2, 0) is 11.8 Å². The number of imidazole rings is 1. The topological polar surface area (TPSA) is 81.9 Å². The molecule has 1 N–H and O–H groups in total. The molecule has 0 aliphatic carbocycles. The van der Waals surface area contributed by atoms with Crippen molar-refractivity contribution in [1.29, 1.82) is 0 Å². The minimum absolute atomic E-state index is 0.122. The molecule has 8 heteroatoms. The number of fused-ring (bicyclic) bond motifs is 2. The number of hydrogen-bond donors (Lipinski definition) is 1. The minimum atomic E-state index is 0.122. The number of amides is 1. The Morgan fingerprint density at radius 1 is 1.29 bits per heavy atom. The van der Waals surface area contributed by atoms with Gasteiger partial charge in [0.25, 0.3) is 0 Å². The Balaban J connectivity index is 1.46. The molecule has 0 bridgehead atoms. The van der Waals surface area contributed by atoms with Crippen molar-refractivity contribution in [3.05, 3.63) is 36.1 Å². The molecule has 7 nitrogen and oxygen atoms in total. The average Bonchev–Trinajstić information content (AvgIpc) is 3.41. The van der Waals surface area contributed by atoms with Gasteiger partial charge < -0.3 is 14.6 Å². The van der Waals surface area contributed by atoms with E-state index in [4.69, 9.17) is 9.72 Å². The number of pyridine rings is 1. The first kappa shape index (κ1) is 17.1. The molecule has 142 valence electrons. The predicted octanol–water partition coefficient (Wildman–Crippen LogP) is 3.15. The lowest BCUT2D eigenvalue weighted by Crippen LogP contribution is -2.14. The van der Waals surface area contributed by atoms with Crippen molar-refractivity contribution in [3.63, 3.8) is 0 Å². The van der Waals surface area contributed by atoms with Gasteiger partial charge in [-0.3, -0.25) is 4.79 Å². The first-order valence-corrected chi connectivity index (χ1v) is 10.1. The van der Waals surface area contributed by atoms with Crippen molar-refractivity contribution in [1.82, 2.24) is 24.8 Å². The van der Waals surface area contributed by atoms with Gasteiger partial charge in [0.05, 0.1) is 39.9 Å². The van der Waals surface area contributed by atoms with Crippen LogP contribution in [0.4, 0.5) is 0 Å². The number of aromatic nitrogens is 4. The zero-order chi connectivity index (χ0) is 19.1. The number of ether oxygens (including phenoxy) is 1. The number of rotatable bonds is 5. The first-order chi connectivity index (χ1) is 13.7. The van der Waals surface area contributed by atoms with Gasteiger partial charge in [0.15, 0.2) is 0 Å². The molecule has 4 heterocycles. The highest BCUT2D eigenvalue weighted by Gasteiger charge is 2.21. The van der Waals surface area contributed by atoms with Crippen LogP contribution < -0.4 is 10.1 Å². The number of thiazole rings is 1. The number of carbonyl (C=O) groups is 1. The molecule has 28 heavy (non-hydrogen) atoms. The smallest absolute Gasteiger partial charge is 0.240 e. The summed E-state index contributed by atoms with van der Waals surface area (Å²) >= 11 is 1.62. The van der Waals surface area contributed by atoms with E-state index in [1.165, 1.54) is 0 Å². The number of nitrogens with zero attached hydrogens (tertiary/aromatic N) is 4. The Kier molecular flexibility index (Phi) is 4.20. The van der Waals surface area contributed by atoms with Gasteiger partial charge in [0.2, 0.25) is 11.8 Å². The van der Waals surface area contributed by atoms with Crippen molar-refractivity contribution < 1.29 is 9.53 Å². The fourth-order valence-electron chi connectivity index (χ4n) is 3.60. The summed E-state index contributed by atoms with van der Waals surface area (Å²) in [6.07, 6.45) is 3.16. The summed E-state index contributed by atoms with van der Waals surface area (Å²) in [6, 6.07) is 8.15. The van der Waals surface area contributed by atoms with E-state index in [0.29, 0.717) is 24.8 Å². The molecule has 0 saturated carbocycles. The standard InChI is InChI=1S/C20H19N5O2S/c1-25-10-22-16-8-14(13-2-3-17-15(7-13)23-11-28-17)24-20(19(16)25)27-5-4-12-6-18(26)21-9-12/h2-3,7-8,10-12H,4-6,9H2,1H3,(H,21,26)/t12-/m1/s1. The monoisotopic (exact) mass is 393 g/mol. The summed E-state index contributed by atoms with van der Waals surface area (Å²) in [5, 5.41) is 2.87. The molecule has 1 fully saturated rings. The molecule has 0 unspecified atom stereocenters. The van der Waals surface area contributed by atoms with Crippen LogP contribution in [0.2, 0.25) is 0 Å². The zero-order valence-electron chi connectivity index (χ0n) is 15.4. The molecule has 1 atom stereocenters. The molecular formula is C20H19N5O2S. The van der Waals surface area contributed by atoms with Crippen molar-refractivity contribution in [2.45, 2.75) is 12.8 Å². The second-order valence-corrected chi connectivity index (χ2v) is 7.97. The minimum Gasteiger partial charge on any atom is -0.476 e. The Bertz CT molecular complexity index is 1180. The van der Waals surface area contributed by atoms with Gasteiger partial charge in [-0.15, -0.1) is 11.3 Å². The third-order valence-electron chi connectivity index (χ3n) is 5.12. The van der Waals surface area contributed by atoms with Gasteiger partial charge in [-0.05, 0) is 30.5 Å². The van der Waals surface area contributed by atoms with E-state index in [9.17, 15) is 4.79 Å². The summed E-state index contributed by atoms with van der Waals surface area (Å²) in [5.41, 5.74) is 6.33. The molecule has 1 amide bonds. The van der Waals surface area contributed by atoms with Crippen LogP contribution in [0.15, 0.2) is 36.1 Å². The van der Waals surface area contributed by atoms with Gasteiger partial charge in [-0.1, -0.05) is 6.07 Å². The lowest BCUT2D eigenvalue weighted by molar-refractivity contribution is -0.119. The highest BCUT2D eigenvalue weighted by atomic mass is 32.1. The van der Waals surface area contributed by atoms with Crippen LogP contribution in [-0.4, -0.2) is 38.6 Å². The van der Waals surface area contributed by atoms with E-state index < -0.39 is 0 Å².